The number of hydrogen-bond donors (Lipinski definition) is 1. The van der Waals surface area contributed by atoms with Gasteiger partial charge in [0.2, 0.25) is 5.91 Å². The minimum Gasteiger partial charge on any atom is -0.378 e. The number of nitrogens with one attached hydrogen (secondary N) is 1. The zero-order valence-corrected chi connectivity index (χ0v) is 18.0. The Morgan fingerprint density at radius 3 is 2.28 bits per heavy atom. The van der Waals surface area contributed by atoms with Gasteiger partial charge in [0.25, 0.3) is 0 Å². The highest BCUT2D eigenvalue weighted by Crippen LogP contribution is 2.24. The number of aryl methyl sites for hydroxylation is 1. The third-order valence-electron chi connectivity index (χ3n) is 5.75. The highest BCUT2D eigenvalue weighted by atomic mass is 16.1. The van der Waals surface area contributed by atoms with Crippen molar-refractivity contribution in [1.29, 1.82) is 0 Å². The van der Waals surface area contributed by atoms with Gasteiger partial charge in [0.1, 0.15) is 0 Å². The van der Waals surface area contributed by atoms with Crippen molar-refractivity contribution in [3.63, 3.8) is 0 Å². The Balaban J connectivity index is 1.62. The number of likely N-dealkylation sites (N-methyl/N-ethyl adjacent to an activating group) is 1. The molecule has 2 aromatic rings. The van der Waals surface area contributed by atoms with Crippen LogP contribution in [0.3, 0.4) is 0 Å². The SMILES string of the molecule is CN1CCN(C(CNC(=O)CCc2ccccc2)c2ccc(N(C)C)cc2)CC1. The molecular formula is C24H34N4O. The van der Waals surface area contributed by atoms with Gasteiger partial charge in [0.05, 0.1) is 6.04 Å². The van der Waals surface area contributed by atoms with Crippen molar-refractivity contribution in [1.82, 2.24) is 15.1 Å². The Bertz CT molecular complexity index is 752. The van der Waals surface area contributed by atoms with Gasteiger partial charge in [-0.3, -0.25) is 9.69 Å². The van der Waals surface area contributed by atoms with Gasteiger partial charge in [-0.1, -0.05) is 42.5 Å². The molecule has 5 heteroatoms. The molecule has 0 radical (unpaired) electrons. The van der Waals surface area contributed by atoms with Crippen molar-refractivity contribution in [3.05, 3.63) is 65.7 Å². The van der Waals surface area contributed by atoms with E-state index in [0.717, 1.165) is 32.6 Å². The molecule has 2 aromatic carbocycles. The minimum atomic E-state index is 0.123. The second kappa shape index (κ2) is 10.4. The normalized spacial score (nSPS) is 16.4. The summed E-state index contributed by atoms with van der Waals surface area (Å²) in [6.45, 7) is 4.83. The quantitative estimate of drug-likeness (QED) is 0.747. The van der Waals surface area contributed by atoms with Crippen LogP contribution in [-0.2, 0) is 11.2 Å². The van der Waals surface area contributed by atoms with Crippen molar-refractivity contribution in [2.75, 3.05) is 58.8 Å². The van der Waals surface area contributed by atoms with Crippen LogP contribution in [0.5, 0.6) is 0 Å². The van der Waals surface area contributed by atoms with E-state index in [-0.39, 0.29) is 11.9 Å². The second-order valence-electron chi connectivity index (χ2n) is 8.13. The van der Waals surface area contributed by atoms with E-state index in [2.05, 4.69) is 77.6 Å². The average Bonchev–Trinajstić information content (AvgIpc) is 2.74. The molecular weight excluding hydrogens is 360 g/mol. The molecule has 0 aromatic heterocycles. The van der Waals surface area contributed by atoms with Gasteiger partial charge in [-0.25, -0.2) is 0 Å². The monoisotopic (exact) mass is 394 g/mol. The predicted molar refractivity (Wildman–Crippen MR) is 120 cm³/mol. The summed E-state index contributed by atoms with van der Waals surface area (Å²) in [5.41, 5.74) is 3.67. The molecule has 1 aliphatic rings. The van der Waals surface area contributed by atoms with Gasteiger partial charge >= 0.3 is 0 Å². The highest BCUT2D eigenvalue weighted by molar-refractivity contribution is 5.76. The van der Waals surface area contributed by atoms with Crippen LogP contribution >= 0.6 is 0 Å². The van der Waals surface area contributed by atoms with Crippen molar-refractivity contribution in [3.8, 4) is 0 Å². The van der Waals surface area contributed by atoms with Crippen LogP contribution in [0, 0.1) is 0 Å². The van der Waals surface area contributed by atoms with E-state index >= 15 is 0 Å². The molecule has 1 saturated heterocycles. The molecule has 3 rings (SSSR count). The van der Waals surface area contributed by atoms with Gasteiger partial charge in [0.15, 0.2) is 0 Å². The van der Waals surface area contributed by atoms with Crippen LogP contribution in [0.1, 0.15) is 23.6 Å². The fraction of sp³-hybridized carbons (Fsp3) is 0.458. The van der Waals surface area contributed by atoms with Gasteiger partial charge in [-0.2, -0.15) is 0 Å². The molecule has 156 valence electrons. The molecule has 1 fully saturated rings. The third kappa shape index (κ3) is 6.31. The fourth-order valence-corrected chi connectivity index (χ4v) is 3.79. The number of carbonyl (C=O) groups excluding carboxylic acids is 1. The number of hydrogen-bond acceptors (Lipinski definition) is 4. The van der Waals surface area contributed by atoms with Gasteiger partial charge in [-0.15, -0.1) is 0 Å². The van der Waals surface area contributed by atoms with E-state index in [9.17, 15) is 4.79 Å². The van der Waals surface area contributed by atoms with Crippen LogP contribution < -0.4 is 10.2 Å². The number of anilines is 1. The first kappa shape index (κ1) is 21.3. The van der Waals surface area contributed by atoms with Gasteiger partial charge in [-0.05, 0) is 36.7 Å². The summed E-state index contributed by atoms with van der Waals surface area (Å²) in [5.74, 6) is 0.123. The zero-order chi connectivity index (χ0) is 20.6. The largest absolute Gasteiger partial charge is 0.378 e. The van der Waals surface area contributed by atoms with Crippen LogP contribution in [0.25, 0.3) is 0 Å². The Kier molecular flexibility index (Phi) is 7.67. The molecule has 1 unspecified atom stereocenters. The Labute approximate surface area is 175 Å². The lowest BCUT2D eigenvalue weighted by molar-refractivity contribution is -0.121. The van der Waals surface area contributed by atoms with E-state index in [4.69, 9.17) is 0 Å². The molecule has 29 heavy (non-hydrogen) atoms. The van der Waals surface area contributed by atoms with Crippen LogP contribution in [0.15, 0.2) is 54.6 Å². The summed E-state index contributed by atoms with van der Waals surface area (Å²) in [6.07, 6.45) is 1.31. The lowest BCUT2D eigenvalue weighted by Gasteiger charge is -2.38. The lowest BCUT2D eigenvalue weighted by atomic mass is 10.0. The van der Waals surface area contributed by atoms with E-state index in [0.29, 0.717) is 13.0 Å². The third-order valence-corrected chi connectivity index (χ3v) is 5.75. The van der Waals surface area contributed by atoms with E-state index in [1.54, 1.807) is 0 Å². The molecule has 1 atom stereocenters. The lowest BCUT2D eigenvalue weighted by Crippen LogP contribution is -2.48. The summed E-state index contributed by atoms with van der Waals surface area (Å²) in [6, 6.07) is 19.1. The number of rotatable bonds is 8. The van der Waals surface area contributed by atoms with E-state index in [1.807, 2.05) is 18.2 Å². The van der Waals surface area contributed by atoms with E-state index < -0.39 is 0 Å². The first-order chi connectivity index (χ1) is 14.0. The zero-order valence-electron chi connectivity index (χ0n) is 18.0. The minimum absolute atomic E-state index is 0.123. The predicted octanol–water partition coefficient (Wildman–Crippen LogP) is 2.79. The molecule has 0 bridgehead atoms. The Hall–Kier alpha value is -2.37. The number of benzene rings is 2. The van der Waals surface area contributed by atoms with Crippen molar-refractivity contribution in [2.24, 2.45) is 0 Å². The summed E-state index contributed by atoms with van der Waals surface area (Å²) in [5, 5.41) is 3.19. The van der Waals surface area contributed by atoms with Crippen molar-refractivity contribution in [2.45, 2.75) is 18.9 Å². The number of amides is 1. The van der Waals surface area contributed by atoms with Gasteiger partial charge < -0.3 is 15.1 Å². The highest BCUT2D eigenvalue weighted by Gasteiger charge is 2.24. The summed E-state index contributed by atoms with van der Waals surface area (Å²) >= 11 is 0. The standard InChI is InChI=1S/C24H34N4O/c1-26(2)22-12-10-21(11-13-22)23(28-17-15-27(3)16-18-28)19-25-24(29)14-9-20-7-5-4-6-8-20/h4-8,10-13,23H,9,14-19H2,1-3H3,(H,25,29). The smallest absolute Gasteiger partial charge is 0.220 e. The Morgan fingerprint density at radius 1 is 1.00 bits per heavy atom. The molecule has 1 amide bonds. The van der Waals surface area contributed by atoms with Gasteiger partial charge in [0, 0.05) is 58.9 Å². The number of carbonyl (C=O) groups is 1. The molecule has 0 spiro atoms. The number of piperazine rings is 1. The number of nitrogens with zero attached hydrogens (tertiary/aromatic N) is 3. The van der Waals surface area contributed by atoms with Crippen LogP contribution in [-0.4, -0.2) is 69.6 Å². The average molecular weight is 395 g/mol. The summed E-state index contributed by atoms with van der Waals surface area (Å²) < 4.78 is 0. The second-order valence-corrected chi connectivity index (χ2v) is 8.13. The maximum absolute atomic E-state index is 12.5. The molecule has 5 nitrogen and oxygen atoms in total. The van der Waals surface area contributed by atoms with Crippen molar-refractivity contribution < 1.29 is 4.79 Å². The van der Waals surface area contributed by atoms with Crippen LogP contribution in [0.4, 0.5) is 5.69 Å². The summed E-state index contributed by atoms with van der Waals surface area (Å²) in [7, 11) is 6.28. The van der Waals surface area contributed by atoms with Crippen LogP contribution in [0.2, 0.25) is 0 Å². The molecule has 0 aliphatic carbocycles. The Morgan fingerprint density at radius 2 is 1.66 bits per heavy atom. The maximum atomic E-state index is 12.5. The first-order valence-corrected chi connectivity index (χ1v) is 10.5. The maximum Gasteiger partial charge on any atom is 0.220 e. The topological polar surface area (TPSA) is 38.8 Å². The summed E-state index contributed by atoms with van der Waals surface area (Å²) in [4.78, 5) is 19.5. The van der Waals surface area contributed by atoms with Crippen molar-refractivity contribution >= 4 is 11.6 Å². The molecule has 1 aliphatic heterocycles. The first-order valence-electron chi connectivity index (χ1n) is 10.5. The van der Waals surface area contributed by atoms with E-state index in [1.165, 1.54) is 16.8 Å². The molecule has 0 saturated carbocycles. The fourth-order valence-electron chi connectivity index (χ4n) is 3.79. The molecule has 1 heterocycles. The molecule has 1 N–H and O–H groups in total.